The predicted octanol–water partition coefficient (Wildman–Crippen LogP) is 3.33. The van der Waals surface area contributed by atoms with E-state index < -0.39 is 18.4 Å². The van der Waals surface area contributed by atoms with Crippen molar-refractivity contribution in [2.45, 2.75) is 43.8 Å². The normalized spacial score (nSPS) is 20.3. The van der Waals surface area contributed by atoms with Crippen LogP contribution in [-0.2, 0) is 11.3 Å². The first kappa shape index (κ1) is 24.8. The van der Waals surface area contributed by atoms with Gasteiger partial charge in [-0.05, 0) is 30.2 Å². The van der Waals surface area contributed by atoms with Crippen LogP contribution >= 0.6 is 0 Å². The van der Waals surface area contributed by atoms with Gasteiger partial charge in [0.1, 0.15) is 11.0 Å². The minimum absolute atomic E-state index is 0.0336. The maximum Gasteiger partial charge on any atom is 0.280 e. The lowest BCUT2D eigenvalue weighted by Crippen LogP contribution is -2.61. The van der Waals surface area contributed by atoms with E-state index in [1.54, 1.807) is 23.2 Å². The van der Waals surface area contributed by atoms with Gasteiger partial charge >= 0.3 is 0 Å². The van der Waals surface area contributed by atoms with Gasteiger partial charge in [-0.1, -0.05) is 11.3 Å². The molecule has 0 bridgehead atoms. The van der Waals surface area contributed by atoms with E-state index in [1.165, 1.54) is 16.3 Å². The Morgan fingerprint density at radius 3 is 2.79 bits per heavy atom. The van der Waals surface area contributed by atoms with Gasteiger partial charge in [-0.15, -0.1) is 10.2 Å². The van der Waals surface area contributed by atoms with Gasteiger partial charge in [0.05, 0.1) is 44.5 Å². The summed E-state index contributed by atoms with van der Waals surface area (Å²) < 4.78 is 69.1. The number of fused-ring (bicyclic) bond motifs is 2. The van der Waals surface area contributed by atoms with Crippen molar-refractivity contribution in [3.05, 3.63) is 30.5 Å². The third-order valence-corrected chi connectivity index (χ3v) is 7.13. The molecule has 1 N–H and O–H groups in total. The third kappa shape index (κ3) is 4.51. The summed E-state index contributed by atoms with van der Waals surface area (Å²) in [6.45, 7) is 1.19. The molecule has 38 heavy (non-hydrogen) atoms. The van der Waals surface area contributed by atoms with Crippen LogP contribution in [0.5, 0.6) is 5.88 Å². The Hall–Kier alpha value is -3.52. The number of ether oxygens (including phenoxy) is 2. The van der Waals surface area contributed by atoms with E-state index >= 15 is 0 Å². The second kappa shape index (κ2) is 9.66. The molecule has 14 heteroatoms. The maximum atomic E-state index is 15.0. The van der Waals surface area contributed by atoms with E-state index in [0.717, 1.165) is 11.1 Å². The van der Waals surface area contributed by atoms with E-state index in [0.29, 0.717) is 36.3 Å². The van der Waals surface area contributed by atoms with Crippen LogP contribution < -0.4 is 10.1 Å². The van der Waals surface area contributed by atoms with Crippen molar-refractivity contribution in [1.29, 1.82) is 0 Å². The maximum absolute atomic E-state index is 15.0. The highest BCUT2D eigenvalue weighted by molar-refractivity contribution is 5.89. The molecule has 5 heterocycles. The first-order valence-corrected chi connectivity index (χ1v) is 12.3. The van der Waals surface area contributed by atoms with Gasteiger partial charge in [0, 0.05) is 31.3 Å². The van der Waals surface area contributed by atoms with Crippen LogP contribution in [0, 0.1) is 0 Å². The molecule has 10 nitrogen and oxygen atoms in total. The molecule has 2 fully saturated rings. The van der Waals surface area contributed by atoms with Crippen molar-refractivity contribution in [3.63, 3.8) is 0 Å². The molecular formula is C24H26F4N8O2. The van der Waals surface area contributed by atoms with Crippen molar-refractivity contribution < 1.29 is 27.0 Å². The largest absolute Gasteiger partial charge is 0.479 e. The number of anilines is 1. The van der Waals surface area contributed by atoms with Crippen LogP contribution in [-0.4, -0.2) is 92.3 Å². The van der Waals surface area contributed by atoms with E-state index in [1.807, 2.05) is 12.1 Å². The van der Waals surface area contributed by atoms with E-state index in [2.05, 4.69) is 25.7 Å². The Labute approximate surface area is 214 Å². The summed E-state index contributed by atoms with van der Waals surface area (Å²) in [5.74, 6) is -2.73. The molecule has 202 valence electrons. The highest BCUT2D eigenvalue weighted by atomic mass is 19.3. The summed E-state index contributed by atoms with van der Waals surface area (Å²) in [6.07, 6.45) is -0.852. The summed E-state index contributed by atoms with van der Waals surface area (Å²) in [6, 6.07) is 6.12. The van der Waals surface area contributed by atoms with Crippen molar-refractivity contribution in [3.8, 4) is 17.0 Å². The van der Waals surface area contributed by atoms with Crippen molar-refractivity contribution in [2.75, 3.05) is 38.7 Å². The molecule has 2 saturated heterocycles. The van der Waals surface area contributed by atoms with Gasteiger partial charge in [-0.2, -0.15) is 4.98 Å². The number of nitrogens with one attached hydrogen (secondary N) is 1. The van der Waals surface area contributed by atoms with Crippen LogP contribution in [0.2, 0.25) is 0 Å². The average molecular weight is 535 g/mol. The van der Waals surface area contributed by atoms with Gasteiger partial charge in [-0.25, -0.2) is 26.8 Å². The molecule has 0 amide bonds. The van der Waals surface area contributed by atoms with Crippen LogP contribution in [0.1, 0.15) is 12.8 Å². The zero-order valence-corrected chi connectivity index (χ0v) is 20.5. The number of piperidine rings is 1. The number of nitrogens with zero attached hydrogens (tertiary/aromatic N) is 7. The highest BCUT2D eigenvalue weighted by Crippen LogP contribution is 2.35. The van der Waals surface area contributed by atoms with Gasteiger partial charge in [0.25, 0.3) is 5.92 Å². The highest BCUT2D eigenvalue weighted by Gasteiger charge is 2.47. The summed E-state index contributed by atoms with van der Waals surface area (Å²) in [5, 5.41) is 15.3. The van der Waals surface area contributed by atoms with Crippen LogP contribution in [0.25, 0.3) is 27.7 Å². The number of hydrogen-bond donors (Lipinski definition) is 1. The fraction of sp³-hybridized carbons (Fsp3) is 0.500. The predicted molar refractivity (Wildman–Crippen MR) is 130 cm³/mol. The van der Waals surface area contributed by atoms with Gasteiger partial charge in [0.15, 0.2) is 0 Å². The SMILES string of the molecule is COc1nc(N[C@@H]2CCN(C3COC3)CC2(F)F)nn2ccc(-c3ccc4nnn(CCC(F)F)c4c3)c12. The lowest BCUT2D eigenvalue weighted by atomic mass is 9.98. The Morgan fingerprint density at radius 2 is 2.08 bits per heavy atom. The zero-order chi connectivity index (χ0) is 26.4. The number of likely N-dealkylation sites (tertiary alicyclic amines) is 1. The Kier molecular flexibility index (Phi) is 6.30. The molecule has 3 aromatic heterocycles. The lowest BCUT2D eigenvalue weighted by Gasteiger charge is -2.44. The summed E-state index contributed by atoms with van der Waals surface area (Å²) in [4.78, 5) is 6.17. The van der Waals surface area contributed by atoms with Crippen molar-refractivity contribution in [2.24, 2.45) is 0 Å². The Morgan fingerprint density at radius 1 is 1.24 bits per heavy atom. The van der Waals surface area contributed by atoms with E-state index in [-0.39, 0.29) is 43.8 Å². The minimum Gasteiger partial charge on any atom is -0.479 e. The number of methoxy groups -OCH3 is 1. The molecule has 0 unspecified atom stereocenters. The van der Waals surface area contributed by atoms with Crippen LogP contribution in [0.15, 0.2) is 30.5 Å². The molecule has 6 rings (SSSR count). The molecule has 1 atom stereocenters. The van der Waals surface area contributed by atoms with Crippen LogP contribution in [0.3, 0.4) is 0 Å². The zero-order valence-electron chi connectivity index (χ0n) is 20.5. The molecule has 0 spiro atoms. The quantitative estimate of drug-likeness (QED) is 0.344. The van der Waals surface area contributed by atoms with E-state index in [9.17, 15) is 17.6 Å². The van der Waals surface area contributed by atoms with Gasteiger partial charge < -0.3 is 14.8 Å². The molecule has 1 aromatic carbocycles. The number of aromatic nitrogens is 6. The second-order valence-electron chi connectivity index (χ2n) is 9.57. The molecule has 0 radical (unpaired) electrons. The topological polar surface area (TPSA) is 94.6 Å². The fourth-order valence-corrected chi connectivity index (χ4v) is 4.99. The molecule has 0 aliphatic carbocycles. The number of benzene rings is 1. The Bertz CT molecular complexity index is 1450. The number of alkyl halides is 4. The van der Waals surface area contributed by atoms with Gasteiger partial charge in [-0.3, -0.25) is 4.90 Å². The molecule has 2 aliphatic heterocycles. The molecule has 0 saturated carbocycles. The number of hydrogen-bond acceptors (Lipinski definition) is 8. The summed E-state index contributed by atoms with van der Waals surface area (Å²) >= 11 is 0. The second-order valence-corrected chi connectivity index (χ2v) is 9.57. The summed E-state index contributed by atoms with van der Waals surface area (Å²) in [5.41, 5.74) is 3.21. The van der Waals surface area contributed by atoms with Crippen molar-refractivity contribution in [1.82, 2.24) is 34.5 Å². The number of rotatable bonds is 8. The first-order chi connectivity index (χ1) is 18.3. The van der Waals surface area contributed by atoms with E-state index in [4.69, 9.17) is 9.47 Å². The first-order valence-electron chi connectivity index (χ1n) is 12.3. The Balaban J connectivity index is 1.28. The van der Waals surface area contributed by atoms with Gasteiger partial charge in [0.2, 0.25) is 18.3 Å². The fourth-order valence-electron chi connectivity index (χ4n) is 4.99. The van der Waals surface area contributed by atoms with Crippen LogP contribution in [0.4, 0.5) is 23.5 Å². The number of aryl methyl sites for hydroxylation is 1. The average Bonchev–Trinajstić information content (AvgIpc) is 3.46. The monoisotopic (exact) mass is 534 g/mol. The number of halogens is 4. The molecule has 2 aliphatic rings. The smallest absolute Gasteiger partial charge is 0.280 e. The minimum atomic E-state index is -2.97. The molecule has 4 aromatic rings. The molecular weight excluding hydrogens is 508 g/mol. The standard InChI is InChI=1S/C24H26F4N8O2/c1-37-22-21-16(14-2-3-17-18(10-14)35(33-31-17)9-6-20(25)26)4-8-36(21)32-23(30-22)29-19-5-7-34(13-24(19,27)28)15-11-38-12-15/h2-4,8,10,15,19-20H,5-7,9,11-13H2,1H3,(H,29,32)/t19-/m1/s1. The van der Waals surface area contributed by atoms with Crippen molar-refractivity contribution >= 4 is 22.5 Å². The lowest BCUT2D eigenvalue weighted by molar-refractivity contribution is -0.131. The summed E-state index contributed by atoms with van der Waals surface area (Å²) in [7, 11) is 1.45. The third-order valence-electron chi connectivity index (χ3n) is 7.13.